The molecule has 1 atom stereocenters. The molecule has 0 bridgehead atoms. The summed E-state index contributed by atoms with van der Waals surface area (Å²) in [5, 5.41) is 3.37. The van der Waals surface area contributed by atoms with Gasteiger partial charge in [0.2, 0.25) is 0 Å². The molecular formula is C15H16N4. The third-order valence-corrected chi connectivity index (χ3v) is 3.16. The van der Waals surface area contributed by atoms with E-state index in [-0.39, 0.29) is 6.04 Å². The van der Waals surface area contributed by atoms with Gasteiger partial charge in [-0.1, -0.05) is 36.4 Å². The maximum atomic E-state index is 6.17. The minimum Gasteiger partial charge on any atom is -0.369 e. The molecule has 0 aliphatic rings. The fourth-order valence-corrected chi connectivity index (χ4v) is 2.12. The SMILES string of the molecule is NC(CNc1cccc2nccn12)c1ccccc1. The first kappa shape index (κ1) is 11.7. The highest BCUT2D eigenvalue weighted by Crippen LogP contribution is 2.14. The molecule has 4 heteroatoms. The van der Waals surface area contributed by atoms with Gasteiger partial charge in [-0.3, -0.25) is 4.40 Å². The molecule has 0 saturated carbocycles. The first-order chi connectivity index (χ1) is 9.34. The summed E-state index contributed by atoms with van der Waals surface area (Å²) in [7, 11) is 0. The van der Waals surface area contributed by atoms with Gasteiger partial charge < -0.3 is 11.1 Å². The highest BCUT2D eigenvalue weighted by Gasteiger charge is 2.06. The molecule has 1 aromatic carbocycles. The molecule has 96 valence electrons. The average Bonchev–Trinajstić information content (AvgIpc) is 2.94. The number of hydrogen-bond donors (Lipinski definition) is 2. The topological polar surface area (TPSA) is 55.3 Å². The molecule has 19 heavy (non-hydrogen) atoms. The van der Waals surface area contributed by atoms with Crippen molar-refractivity contribution >= 4 is 11.5 Å². The summed E-state index contributed by atoms with van der Waals surface area (Å²) in [6, 6.07) is 16.1. The highest BCUT2D eigenvalue weighted by molar-refractivity contribution is 5.50. The highest BCUT2D eigenvalue weighted by atomic mass is 15.1. The number of hydrogen-bond acceptors (Lipinski definition) is 3. The lowest BCUT2D eigenvalue weighted by atomic mass is 10.1. The van der Waals surface area contributed by atoms with Gasteiger partial charge in [-0.15, -0.1) is 0 Å². The van der Waals surface area contributed by atoms with E-state index in [9.17, 15) is 0 Å². The lowest BCUT2D eigenvalue weighted by Crippen LogP contribution is -2.21. The van der Waals surface area contributed by atoms with Crippen molar-refractivity contribution in [1.29, 1.82) is 0 Å². The Morgan fingerprint density at radius 3 is 2.79 bits per heavy atom. The van der Waals surface area contributed by atoms with Crippen molar-refractivity contribution in [1.82, 2.24) is 9.38 Å². The lowest BCUT2D eigenvalue weighted by molar-refractivity contribution is 0.760. The number of imidazole rings is 1. The number of nitrogens with two attached hydrogens (primary N) is 1. The van der Waals surface area contributed by atoms with Crippen LogP contribution < -0.4 is 11.1 Å². The van der Waals surface area contributed by atoms with E-state index in [1.807, 2.05) is 59.1 Å². The van der Waals surface area contributed by atoms with Crippen molar-refractivity contribution in [3.05, 3.63) is 66.5 Å². The molecule has 4 nitrogen and oxygen atoms in total. The van der Waals surface area contributed by atoms with E-state index < -0.39 is 0 Å². The Kier molecular flexibility index (Phi) is 3.16. The molecule has 0 aliphatic carbocycles. The second-order valence-electron chi connectivity index (χ2n) is 4.46. The van der Waals surface area contributed by atoms with Crippen LogP contribution in [-0.2, 0) is 0 Å². The summed E-state index contributed by atoms with van der Waals surface area (Å²) < 4.78 is 2.01. The Balaban J connectivity index is 1.74. The predicted octanol–water partition coefficient (Wildman–Crippen LogP) is 2.45. The standard InChI is InChI=1S/C15H16N4/c16-13(12-5-2-1-3-6-12)11-18-15-8-4-7-14-17-9-10-19(14)15/h1-10,13,18H,11,16H2. The van der Waals surface area contributed by atoms with E-state index >= 15 is 0 Å². The number of aromatic nitrogens is 2. The normalized spacial score (nSPS) is 12.5. The summed E-state index contributed by atoms with van der Waals surface area (Å²) in [5.41, 5.74) is 8.24. The fourth-order valence-electron chi connectivity index (χ4n) is 2.12. The lowest BCUT2D eigenvalue weighted by Gasteiger charge is -2.15. The summed E-state index contributed by atoms with van der Waals surface area (Å²) >= 11 is 0. The molecule has 0 saturated heterocycles. The van der Waals surface area contributed by atoms with E-state index in [1.165, 1.54) is 0 Å². The van der Waals surface area contributed by atoms with Crippen LogP contribution in [0.2, 0.25) is 0 Å². The van der Waals surface area contributed by atoms with Gasteiger partial charge in [0.1, 0.15) is 11.5 Å². The zero-order valence-electron chi connectivity index (χ0n) is 10.5. The smallest absolute Gasteiger partial charge is 0.138 e. The monoisotopic (exact) mass is 252 g/mol. The van der Waals surface area contributed by atoms with E-state index in [0.717, 1.165) is 17.0 Å². The van der Waals surface area contributed by atoms with Crippen LogP contribution in [0.1, 0.15) is 11.6 Å². The van der Waals surface area contributed by atoms with E-state index in [4.69, 9.17) is 5.73 Å². The van der Waals surface area contributed by atoms with Gasteiger partial charge in [0.25, 0.3) is 0 Å². The number of benzene rings is 1. The fraction of sp³-hybridized carbons (Fsp3) is 0.133. The van der Waals surface area contributed by atoms with Gasteiger partial charge in [-0.2, -0.15) is 0 Å². The van der Waals surface area contributed by atoms with Gasteiger partial charge in [0.15, 0.2) is 0 Å². The minimum atomic E-state index is -0.0278. The van der Waals surface area contributed by atoms with Crippen molar-refractivity contribution in [2.75, 3.05) is 11.9 Å². The summed E-state index contributed by atoms with van der Waals surface area (Å²) in [4.78, 5) is 4.26. The number of nitrogens with zero attached hydrogens (tertiary/aromatic N) is 2. The maximum Gasteiger partial charge on any atom is 0.138 e. The Labute approximate surface area is 111 Å². The largest absolute Gasteiger partial charge is 0.369 e. The van der Waals surface area contributed by atoms with Gasteiger partial charge >= 0.3 is 0 Å². The number of fused-ring (bicyclic) bond motifs is 1. The molecule has 0 aliphatic heterocycles. The molecule has 0 radical (unpaired) electrons. The van der Waals surface area contributed by atoms with Gasteiger partial charge in [0, 0.05) is 25.0 Å². The first-order valence-corrected chi connectivity index (χ1v) is 6.31. The average molecular weight is 252 g/mol. The second kappa shape index (κ2) is 5.12. The van der Waals surface area contributed by atoms with Gasteiger partial charge in [-0.05, 0) is 17.7 Å². The van der Waals surface area contributed by atoms with Crippen LogP contribution >= 0.6 is 0 Å². The Morgan fingerprint density at radius 2 is 1.95 bits per heavy atom. The van der Waals surface area contributed by atoms with Crippen LogP contribution in [0.4, 0.5) is 5.82 Å². The predicted molar refractivity (Wildman–Crippen MR) is 77.1 cm³/mol. The Bertz CT molecular complexity index is 660. The van der Waals surface area contributed by atoms with Crippen molar-refractivity contribution in [3.63, 3.8) is 0 Å². The first-order valence-electron chi connectivity index (χ1n) is 6.31. The zero-order valence-corrected chi connectivity index (χ0v) is 10.5. The summed E-state index contributed by atoms with van der Waals surface area (Å²) in [6.45, 7) is 0.682. The molecule has 1 unspecified atom stereocenters. The van der Waals surface area contributed by atoms with Crippen LogP contribution in [0.3, 0.4) is 0 Å². The van der Waals surface area contributed by atoms with Crippen molar-refractivity contribution in [3.8, 4) is 0 Å². The number of pyridine rings is 1. The molecule has 0 fully saturated rings. The third kappa shape index (κ3) is 2.44. The Morgan fingerprint density at radius 1 is 1.11 bits per heavy atom. The van der Waals surface area contributed by atoms with E-state index in [0.29, 0.717) is 6.54 Å². The molecule has 3 N–H and O–H groups in total. The summed E-state index contributed by atoms with van der Waals surface area (Å²) in [6.07, 6.45) is 3.73. The molecule has 3 rings (SSSR count). The summed E-state index contributed by atoms with van der Waals surface area (Å²) in [5.74, 6) is 1.00. The third-order valence-electron chi connectivity index (χ3n) is 3.16. The second-order valence-corrected chi connectivity index (χ2v) is 4.46. The van der Waals surface area contributed by atoms with Crippen LogP contribution in [-0.4, -0.2) is 15.9 Å². The quantitative estimate of drug-likeness (QED) is 0.750. The zero-order chi connectivity index (χ0) is 13.1. The number of rotatable bonds is 4. The number of nitrogens with one attached hydrogen (secondary N) is 1. The van der Waals surface area contributed by atoms with Crippen molar-refractivity contribution in [2.45, 2.75) is 6.04 Å². The number of anilines is 1. The maximum absolute atomic E-state index is 6.17. The van der Waals surface area contributed by atoms with E-state index in [1.54, 1.807) is 6.20 Å². The molecule has 2 heterocycles. The van der Waals surface area contributed by atoms with Crippen LogP contribution in [0.5, 0.6) is 0 Å². The molecular weight excluding hydrogens is 236 g/mol. The van der Waals surface area contributed by atoms with Gasteiger partial charge in [-0.25, -0.2) is 4.98 Å². The van der Waals surface area contributed by atoms with Crippen molar-refractivity contribution in [2.24, 2.45) is 5.73 Å². The van der Waals surface area contributed by atoms with Crippen LogP contribution in [0, 0.1) is 0 Å². The molecule has 3 aromatic rings. The van der Waals surface area contributed by atoms with Crippen molar-refractivity contribution < 1.29 is 0 Å². The molecule has 0 amide bonds. The van der Waals surface area contributed by atoms with Crippen LogP contribution in [0.25, 0.3) is 5.65 Å². The minimum absolute atomic E-state index is 0.0278. The molecule has 0 spiro atoms. The van der Waals surface area contributed by atoms with Crippen LogP contribution in [0.15, 0.2) is 60.9 Å². The molecule has 2 aromatic heterocycles. The Hall–Kier alpha value is -2.33. The van der Waals surface area contributed by atoms with Gasteiger partial charge in [0.05, 0.1) is 0 Å². The van der Waals surface area contributed by atoms with E-state index in [2.05, 4.69) is 10.3 Å².